The highest BCUT2D eigenvalue weighted by Crippen LogP contribution is 2.03. The van der Waals surface area contributed by atoms with Gasteiger partial charge >= 0.3 is 11.9 Å². The third kappa shape index (κ3) is 4.36. The Hall–Kier alpha value is -2.48. The second-order valence-electron chi connectivity index (χ2n) is 3.70. The van der Waals surface area contributed by atoms with Crippen molar-refractivity contribution in [3.63, 3.8) is 0 Å². The number of nitrogens with two attached hydrogens (primary N) is 1. The topological polar surface area (TPSA) is 143 Å². The molecule has 0 spiro atoms. The van der Waals surface area contributed by atoms with Crippen LogP contribution < -0.4 is 11.1 Å². The fraction of sp³-hybridized carbons (Fsp3) is 0.273. The zero-order chi connectivity index (χ0) is 14.4. The van der Waals surface area contributed by atoms with Gasteiger partial charge in [0.2, 0.25) is 0 Å². The molecule has 1 amide bonds. The van der Waals surface area contributed by atoms with E-state index in [1.54, 1.807) is 0 Å². The van der Waals surface area contributed by atoms with Crippen LogP contribution in [0.25, 0.3) is 0 Å². The summed E-state index contributed by atoms with van der Waals surface area (Å²) in [7, 11) is 0. The van der Waals surface area contributed by atoms with Gasteiger partial charge in [0.1, 0.15) is 6.04 Å². The largest absolute Gasteiger partial charge is 0.481 e. The highest BCUT2D eigenvalue weighted by atomic mass is 16.4. The number of carboxylic acid groups (broad SMARTS) is 2. The van der Waals surface area contributed by atoms with Crippen LogP contribution in [0.4, 0.5) is 0 Å². The first kappa shape index (κ1) is 14.6. The molecule has 1 aromatic heterocycles. The third-order valence-electron chi connectivity index (χ3n) is 2.27. The van der Waals surface area contributed by atoms with E-state index in [1.807, 2.05) is 0 Å². The van der Waals surface area contributed by atoms with Crippen molar-refractivity contribution in [3.8, 4) is 0 Å². The molecule has 0 aromatic carbocycles. The van der Waals surface area contributed by atoms with E-state index in [4.69, 9.17) is 15.9 Å². The molecule has 0 saturated carbocycles. The van der Waals surface area contributed by atoms with Gasteiger partial charge in [0, 0.05) is 18.3 Å². The molecule has 1 heterocycles. The minimum atomic E-state index is -1.49. The highest BCUT2D eigenvalue weighted by Gasteiger charge is 2.23. The molecule has 0 saturated heterocycles. The van der Waals surface area contributed by atoms with E-state index in [-0.39, 0.29) is 12.1 Å². The van der Waals surface area contributed by atoms with Crippen LogP contribution in [0.15, 0.2) is 18.3 Å². The smallest absolute Gasteiger partial charge is 0.326 e. The van der Waals surface area contributed by atoms with Crippen molar-refractivity contribution in [2.24, 2.45) is 5.73 Å². The van der Waals surface area contributed by atoms with Crippen LogP contribution >= 0.6 is 0 Å². The molecule has 0 aliphatic rings. The molecule has 0 radical (unpaired) electrons. The zero-order valence-corrected chi connectivity index (χ0v) is 9.87. The van der Waals surface area contributed by atoms with E-state index in [0.29, 0.717) is 5.69 Å². The Morgan fingerprint density at radius 3 is 2.58 bits per heavy atom. The first-order valence-corrected chi connectivity index (χ1v) is 5.34. The zero-order valence-electron chi connectivity index (χ0n) is 9.87. The van der Waals surface area contributed by atoms with Crippen LogP contribution in [0.1, 0.15) is 22.5 Å². The minimum Gasteiger partial charge on any atom is -0.481 e. The van der Waals surface area contributed by atoms with Gasteiger partial charge in [-0.1, -0.05) is 0 Å². The number of pyridine rings is 1. The van der Waals surface area contributed by atoms with Crippen molar-refractivity contribution in [3.05, 3.63) is 29.6 Å². The maximum absolute atomic E-state index is 11.8. The van der Waals surface area contributed by atoms with Crippen molar-refractivity contribution >= 4 is 17.8 Å². The van der Waals surface area contributed by atoms with Gasteiger partial charge in [0.15, 0.2) is 0 Å². The van der Waals surface area contributed by atoms with Gasteiger partial charge in [-0.2, -0.15) is 0 Å². The summed E-state index contributed by atoms with van der Waals surface area (Å²) < 4.78 is 0. The van der Waals surface area contributed by atoms with Crippen molar-refractivity contribution < 1.29 is 24.6 Å². The van der Waals surface area contributed by atoms with Gasteiger partial charge in [0.25, 0.3) is 5.91 Å². The molecule has 1 aromatic rings. The standard InChI is InChI=1S/C11H13N3O5/c12-5-7-3-6(1-2-13-7)10(17)14-8(11(18)19)4-9(15)16/h1-3,8H,4-5,12H2,(H,14,17)(H,15,16)(H,18,19). The molecule has 1 rings (SSSR count). The number of amides is 1. The molecule has 0 aliphatic carbocycles. The molecule has 102 valence electrons. The lowest BCUT2D eigenvalue weighted by Crippen LogP contribution is -2.42. The molecular formula is C11H13N3O5. The van der Waals surface area contributed by atoms with Crippen molar-refractivity contribution in [1.82, 2.24) is 10.3 Å². The lowest BCUT2D eigenvalue weighted by molar-refractivity contribution is -0.145. The summed E-state index contributed by atoms with van der Waals surface area (Å²) in [5.41, 5.74) is 6.01. The lowest BCUT2D eigenvalue weighted by atomic mass is 10.1. The second kappa shape index (κ2) is 6.45. The summed E-state index contributed by atoms with van der Waals surface area (Å²) in [4.78, 5) is 37.0. The summed E-state index contributed by atoms with van der Waals surface area (Å²) in [6.45, 7) is 0.138. The summed E-state index contributed by atoms with van der Waals surface area (Å²) in [6, 6.07) is 1.31. The number of carbonyl (C=O) groups excluding carboxylic acids is 1. The minimum absolute atomic E-state index is 0.138. The Morgan fingerprint density at radius 1 is 1.37 bits per heavy atom. The van der Waals surface area contributed by atoms with Crippen LogP contribution in [-0.2, 0) is 16.1 Å². The number of aromatic nitrogens is 1. The Labute approximate surface area is 108 Å². The van der Waals surface area contributed by atoms with Crippen molar-refractivity contribution in [2.45, 2.75) is 19.0 Å². The predicted octanol–water partition coefficient (Wildman–Crippen LogP) is -0.802. The molecule has 5 N–H and O–H groups in total. The summed E-state index contributed by atoms with van der Waals surface area (Å²) >= 11 is 0. The molecular weight excluding hydrogens is 254 g/mol. The number of carboxylic acids is 2. The fourth-order valence-corrected chi connectivity index (χ4v) is 1.35. The number of hydrogen-bond donors (Lipinski definition) is 4. The molecule has 8 nitrogen and oxygen atoms in total. The second-order valence-corrected chi connectivity index (χ2v) is 3.70. The van der Waals surface area contributed by atoms with Crippen molar-refractivity contribution in [2.75, 3.05) is 0 Å². The third-order valence-corrected chi connectivity index (χ3v) is 2.27. The number of nitrogens with one attached hydrogen (secondary N) is 1. The first-order chi connectivity index (χ1) is 8.93. The SMILES string of the molecule is NCc1cc(C(=O)NC(CC(=O)O)C(=O)O)ccn1. The average molecular weight is 267 g/mol. The first-order valence-electron chi connectivity index (χ1n) is 5.34. The quantitative estimate of drug-likeness (QED) is 0.528. The van der Waals surface area contributed by atoms with Gasteiger partial charge in [0.05, 0.1) is 12.1 Å². The van der Waals surface area contributed by atoms with Crippen molar-refractivity contribution in [1.29, 1.82) is 0 Å². The van der Waals surface area contributed by atoms with E-state index in [9.17, 15) is 14.4 Å². The Kier molecular flexibility index (Phi) is 4.95. The molecule has 0 aliphatic heterocycles. The van der Waals surface area contributed by atoms with E-state index in [2.05, 4.69) is 10.3 Å². The van der Waals surface area contributed by atoms with Crippen LogP contribution in [0.5, 0.6) is 0 Å². The maximum atomic E-state index is 11.8. The van der Waals surface area contributed by atoms with Gasteiger partial charge in [-0.15, -0.1) is 0 Å². The normalized spacial score (nSPS) is 11.6. The van der Waals surface area contributed by atoms with Crippen LogP contribution in [-0.4, -0.2) is 39.1 Å². The van der Waals surface area contributed by atoms with Crippen LogP contribution in [0.3, 0.4) is 0 Å². The molecule has 0 bridgehead atoms. The Bertz CT molecular complexity index is 503. The summed E-state index contributed by atoms with van der Waals surface area (Å²) in [5, 5.41) is 19.5. The van der Waals surface area contributed by atoms with E-state index in [1.165, 1.54) is 18.3 Å². The number of carbonyl (C=O) groups is 3. The number of rotatable bonds is 6. The molecule has 19 heavy (non-hydrogen) atoms. The number of hydrogen-bond acceptors (Lipinski definition) is 5. The molecule has 8 heteroatoms. The van der Waals surface area contributed by atoms with Crippen LogP contribution in [0.2, 0.25) is 0 Å². The monoisotopic (exact) mass is 267 g/mol. The number of nitrogens with zero attached hydrogens (tertiary/aromatic N) is 1. The van der Waals surface area contributed by atoms with Gasteiger partial charge in [-0.05, 0) is 12.1 Å². The Balaban J connectivity index is 2.81. The lowest BCUT2D eigenvalue weighted by Gasteiger charge is -2.12. The van der Waals surface area contributed by atoms with E-state index in [0.717, 1.165) is 0 Å². The average Bonchev–Trinajstić information content (AvgIpc) is 2.37. The summed E-state index contributed by atoms with van der Waals surface area (Å²) in [5.74, 6) is -3.42. The molecule has 0 fully saturated rings. The van der Waals surface area contributed by atoms with E-state index < -0.39 is 30.3 Å². The fourth-order valence-electron chi connectivity index (χ4n) is 1.35. The van der Waals surface area contributed by atoms with Crippen LogP contribution in [0, 0.1) is 0 Å². The summed E-state index contributed by atoms with van der Waals surface area (Å²) in [6.07, 6.45) is 0.667. The van der Waals surface area contributed by atoms with Gasteiger partial charge in [-0.25, -0.2) is 4.79 Å². The maximum Gasteiger partial charge on any atom is 0.326 e. The molecule has 1 atom stereocenters. The number of aliphatic carboxylic acids is 2. The van der Waals surface area contributed by atoms with Gasteiger partial charge in [-0.3, -0.25) is 14.6 Å². The molecule has 1 unspecified atom stereocenters. The Morgan fingerprint density at radius 2 is 2.05 bits per heavy atom. The highest BCUT2D eigenvalue weighted by molar-refractivity contribution is 5.97. The van der Waals surface area contributed by atoms with Gasteiger partial charge < -0.3 is 21.3 Å². The van der Waals surface area contributed by atoms with E-state index >= 15 is 0 Å². The predicted molar refractivity (Wildman–Crippen MR) is 63.3 cm³/mol.